The Morgan fingerprint density at radius 1 is 1.10 bits per heavy atom. The molecule has 0 unspecified atom stereocenters. The molecule has 0 saturated heterocycles. The Bertz CT molecular complexity index is 19.2. The van der Waals surface area contributed by atoms with Crippen LogP contribution in [-0.2, 0) is 0 Å². The van der Waals surface area contributed by atoms with E-state index in [0.717, 1.165) is 19.5 Å². The van der Waals surface area contributed by atoms with Gasteiger partial charge in [0.25, 0.3) is 0 Å². The predicted octanol–water partition coefficient (Wildman–Crippen LogP) is 1.61. The number of rotatable bonds is 3. The molecular weight excluding hydrogens is 124 g/mol. The fourth-order valence-corrected chi connectivity index (χ4v) is 0.279. The Balaban J connectivity index is -0.000000105. The fraction of sp³-hybridized carbons (Fsp3) is 1.00. The van der Waals surface area contributed by atoms with Crippen LogP contribution in [0.4, 0.5) is 0 Å². The van der Waals surface area contributed by atoms with Crippen LogP contribution in [0.1, 0.15) is 34.1 Å². The largest absolute Gasteiger partial charge is 0.330 e. The summed E-state index contributed by atoms with van der Waals surface area (Å²) in [6.07, 6.45) is 1.08. The second-order valence-corrected chi connectivity index (χ2v) is 1.25. The molecule has 2 nitrogen and oxygen atoms in total. The van der Waals surface area contributed by atoms with E-state index in [2.05, 4.69) is 5.32 Å². The maximum atomic E-state index is 5.17. The van der Waals surface area contributed by atoms with Crippen LogP contribution in [-0.4, -0.2) is 20.1 Å². The second-order valence-electron chi connectivity index (χ2n) is 1.25. The molecule has 0 radical (unpaired) electrons. The molecular formula is C8H24N2. The van der Waals surface area contributed by atoms with Crippen molar-refractivity contribution >= 4 is 0 Å². The van der Waals surface area contributed by atoms with Gasteiger partial charge in [0.1, 0.15) is 0 Å². The van der Waals surface area contributed by atoms with Crippen molar-refractivity contribution in [2.75, 3.05) is 20.1 Å². The van der Waals surface area contributed by atoms with Gasteiger partial charge >= 0.3 is 0 Å². The second kappa shape index (κ2) is 36.4. The van der Waals surface area contributed by atoms with Gasteiger partial charge in [-0.2, -0.15) is 0 Å². The minimum Gasteiger partial charge on any atom is -0.330 e. The van der Waals surface area contributed by atoms with Gasteiger partial charge in [-0.25, -0.2) is 0 Å². The Hall–Kier alpha value is -0.0800. The van der Waals surface area contributed by atoms with Crippen molar-refractivity contribution in [1.82, 2.24) is 5.32 Å². The molecule has 0 aromatic rings. The molecule has 10 heavy (non-hydrogen) atoms. The van der Waals surface area contributed by atoms with Gasteiger partial charge in [0.15, 0.2) is 0 Å². The molecule has 0 aliphatic heterocycles. The van der Waals surface area contributed by atoms with Gasteiger partial charge in [0.2, 0.25) is 0 Å². The van der Waals surface area contributed by atoms with E-state index in [1.807, 2.05) is 34.7 Å². The van der Waals surface area contributed by atoms with Crippen LogP contribution >= 0.6 is 0 Å². The molecule has 0 aromatic carbocycles. The molecule has 0 heterocycles. The normalized spacial score (nSPS) is 6.60. The summed E-state index contributed by atoms with van der Waals surface area (Å²) >= 11 is 0. The van der Waals surface area contributed by atoms with Crippen molar-refractivity contribution in [1.29, 1.82) is 0 Å². The van der Waals surface area contributed by atoms with Crippen LogP contribution in [0, 0.1) is 0 Å². The average molecular weight is 148 g/mol. The lowest BCUT2D eigenvalue weighted by Gasteiger charge is -1.90. The van der Waals surface area contributed by atoms with Crippen molar-refractivity contribution in [2.24, 2.45) is 5.73 Å². The summed E-state index contributed by atoms with van der Waals surface area (Å²) in [5, 5.41) is 2.99. The Morgan fingerprint density at radius 3 is 1.60 bits per heavy atom. The summed E-state index contributed by atoms with van der Waals surface area (Å²) in [6.45, 7) is 9.83. The number of nitrogens with two attached hydrogens (primary N) is 1. The Kier molecular flexibility index (Phi) is 60.0. The smallest absolute Gasteiger partial charge is 0.00399 e. The molecule has 0 bridgehead atoms. The Labute approximate surface area is 66.2 Å². The standard InChI is InChI=1S/C4H12N2.2C2H6/c1-6-4-2-3-5;2*1-2/h6H,2-5H2,1H3;2*1-2H3. The summed E-state index contributed by atoms with van der Waals surface area (Å²) in [5.74, 6) is 0. The molecule has 0 aromatic heterocycles. The highest BCUT2D eigenvalue weighted by atomic mass is 14.8. The molecule has 0 aliphatic carbocycles. The van der Waals surface area contributed by atoms with Crippen molar-refractivity contribution in [2.45, 2.75) is 34.1 Å². The SMILES string of the molecule is CC.CC.CNCCCN. The highest BCUT2D eigenvalue weighted by molar-refractivity contribution is 4.38. The monoisotopic (exact) mass is 148 g/mol. The van der Waals surface area contributed by atoms with E-state index in [1.165, 1.54) is 0 Å². The third-order valence-electron chi connectivity index (χ3n) is 0.631. The van der Waals surface area contributed by atoms with Crippen molar-refractivity contribution in [3.63, 3.8) is 0 Å². The Morgan fingerprint density at radius 2 is 1.50 bits per heavy atom. The van der Waals surface area contributed by atoms with Crippen LogP contribution in [0.25, 0.3) is 0 Å². The number of hydrogen-bond donors (Lipinski definition) is 2. The van der Waals surface area contributed by atoms with E-state index in [4.69, 9.17) is 5.73 Å². The van der Waals surface area contributed by atoms with Crippen molar-refractivity contribution in [3.8, 4) is 0 Å². The van der Waals surface area contributed by atoms with Crippen LogP contribution in [0.5, 0.6) is 0 Å². The zero-order valence-corrected chi connectivity index (χ0v) is 8.20. The molecule has 0 fully saturated rings. The first-order valence-electron chi connectivity index (χ1n) is 4.26. The molecule has 2 heteroatoms. The van der Waals surface area contributed by atoms with E-state index < -0.39 is 0 Å². The third-order valence-corrected chi connectivity index (χ3v) is 0.631. The molecule has 0 saturated carbocycles. The van der Waals surface area contributed by atoms with Gasteiger partial charge in [-0.15, -0.1) is 0 Å². The summed E-state index contributed by atoms with van der Waals surface area (Å²) < 4.78 is 0. The maximum Gasteiger partial charge on any atom is -0.00399 e. The van der Waals surface area contributed by atoms with E-state index in [0.29, 0.717) is 0 Å². The predicted molar refractivity (Wildman–Crippen MR) is 50.3 cm³/mol. The highest BCUT2D eigenvalue weighted by Gasteiger charge is 1.73. The molecule has 0 aliphatic rings. The van der Waals surface area contributed by atoms with Gasteiger partial charge in [-0.3, -0.25) is 0 Å². The van der Waals surface area contributed by atoms with Crippen LogP contribution in [0.3, 0.4) is 0 Å². The average Bonchev–Trinajstić information content (AvgIpc) is 2.08. The topological polar surface area (TPSA) is 38.0 Å². The van der Waals surface area contributed by atoms with Gasteiger partial charge < -0.3 is 11.1 Å². The zero-order valence-electron chi connectivity index (χ0n) is 8.20. The number of hydrogen-bond acceptors (Lipinski definition) is 2. The lowest BCUT2D eigenvalue weighted by atomic mass is 10.4. The fourth-order valence-electron chi connectivity index (χ4n) is 0.279. The lowest BCUT2D eigenvalue weighted by Crippen LogP contribution is -2.12. The van der Waals surface area contributed by atoms with Crippen LogP contribution < -0.4 is 11.1 Å². The molecule has 0 atom stereocenters. The summed E-state index contributed by atoms with van der Waals surface area (Å²) in [7, 11) is 1.93. The van der Waals surface area contributed by atoms with Crippen molar-refractivity contribution in [3.05, 3.63) is 0 Å². The summed E-state index contributed by atoms with van der Waals surface area (Å²) in [4.78, 5) is 0. The first-order chi connectivity index (χ1) is 4.91. The lowest BCUT2D eigenvalue weighted by molar-refractivity contribution is 0.733. The van der Waals surface area contributed by atoms with E-state index in [1.54, 1.807) is 0 Å². The first kappa shape index (κ1) is 16.5. The van der Waals surface area contributed by atoms with E-state index in [-0.39, 0.29) is 0 Å². The summed E-state index contributed by atoms with van der Waals surface area (Å²) in [6, 6.07) is 0. The zero-order chi connectivity index (χ0) is 8.83. The highest BCUT2D eigenvalue weighted by Crippen LogP contribution is 1.63. The third kappa shape index (κ3) is 44.5. The first-order valence-corrected chi connectivity index (χ1v) is 4.26. The van der Waals surface area contributed by atoms with E-state index >= 15 is 0 Å². The van der Waals surface area contributed by atoms with Gasteiger partial charge in [0, 0.05) is 0 Å². The molecule has 0 rings (SSSR count). The number of nitrogens with one attached hydrogen (secondary N) is 1. The van der Waals surface area contributed by atoms with Gasteiger partial charge in [-0.05, 0) is 26.6 Å². The molecule has 0 spiro atoms. The van der Waals surface area contributed by atoms with E-state index in [9.17, 15) is 0 Å². The molecule has 0 amide bonds. The van der Waals surface area contributed by atoms with Gasteiger partial charge in [-0.1, -0.05) is 27.7 Å². The van der Waals surface area contributed by atoms with Crippen molar-refractivity contribution < 1.29 is 0 Å². The van der Waals surface area contributed by atoms with Gasteiger partial charge in [0.05, 0.1) is 0 Å². The molecule has 66 valence electrons. The molecule has 3 N–H and O–H groups in total. The maximum absolute atomic E-state index is 5.17. The minimum atomic E-state index is 0.792. The summed E-state index contributed by atoms with van der Waals surface area (Å²) in [5.41, 5.74) is 5.17. The quantitative estimate of drug-likeness (QED) is 0.597. The van der Waals surface area contributed by atoms with Crippen LogP contribution in [0.15, 0.2) is 0 Å². The minimum absolute atomic E-state index is 0.792. The van der Waals surface area contributed by atoms with Crippen LogP contribution in [0.2, 0.25) is 0 Å².